The number of nitrogens with zero attached hydrogens (tertiary/aromatic N) is 1. The van der Waals surface area contributed by atoms with E-state index in [1.54, 1.807) is 32.0 Å². The molecule has 2 aromatic carbocycles. The standard InChI is InChI=1S/C21H27N3O3/c1-21(2,19(25)22-14-15-24(3)4)20(26)23-17-12-8-9-13-18(17)27-16-10-6-5-7-11-16/h5-13H,14-15H2,1-4H3,(H,22,25)(H,23,26). The number of likely N-dealkylation sites (N-methyl/N-ethyl adjacent to an activating group) is 1. The van der Waals surface area contributed by atoms with Crippen LogP contribution in [0.2, 0.25) is 0 Å². The largest absolute Gasteiger partial charge is 0.455 e. The number of amides is 2. The van der Waals surface area contributed by atoms with E-state index in [4.69, 9.17) is 4.74 Å². The molecule has 2 N–H and O–H groups in total. The van der Waals surface area contributed by atoms with Crippen LogP contribution < -0.4 is 15.4 Å². The van der Waals surface area contributed by atoms with E-state index in [2.05, 4.69) is 10.6 Å². The molecule has 6 nitrogen and oxygen atoms in total. The van der Waals surface area contributed by atoms with Gasteiger partial charge in [-0.1, -0.05) is 30.3 Å². The second-order valence-electron chi connectivity index (χ2n) is 7.05. The summed E-state index contributed by atoms with van der Waals surface area (Å²) >= 11 is 0. The Hall–Kier alpha value is -2.86. The summed E-state index contributed by atoms with van der Waals surface area (Å²) in [6.45, 7) is 4.40. The highest BCUT2D eigenvalue weighted by molar-refractivity contribution is 6.10. The van der Waals surface area contributed by atoms with Crippen molar-refractivity contribution in [2.45, 2.75) is 13.8 Å². The smallest absolute Gasteiger partial charge is 0.239 e. The number of carbonyl (C=O) groups excluding carboxylic acids is 2. The van der Waals surface area contributed by atoms with E-state index in [0.717, 1.165) is 0 Å². The molecule has 0 bridgehead atoms. The van der Waals surface area contributed by atoms with Gasteiger partial charge in [0.05, 0.1) is 5.69 Å². The molecule has 0 saturated carbocycles. The van der Waals surface area contributed by atoms with E-state index in [1.165, 1.54) is 0 Å². The molecule has 0 unspecified atom stereocenters. The highest BCUT2D eigenvalue weighted by Gasteiger charge is 2.36. The quantitative estimate of drug-likeness (QED) is 0.702. The first-order chi connectivity index (χ1) is 12.8. The summed E-state index contributed by atoms with van der Waals surface area (Å²) < 4.78 is 5.85. The third-order valence-electron chi connectivity index (χ3n) is 4.09. The molecule has 0 fully saturated rings. The van der Waals surface area contributed by atoms with Gasteiger partial charge in [-0.3, -0.25) is 9.59 Å². The van der Waals surface area contributed by atoms with Crippen LogP contribution in [0.4, 0.5) is 5.69 Å². The lowest BCUT2D eigenvalue weighted by molar-refractivity contribution is -0.138. The summed E-state index contributed by atoms with van der Waals surface area (Å²) in [6.07, 6.45) is 0. The number of rotatable bonds is 8. The Morgan fingerprint density at radius 1 is 0.963 bits per heavy atom. The van der Waals surface area contributed by atoms with Crippen LogP contribution in [-0.4, -0.2) is 43.9 Å². The molecular formula is C21H27N3O3. The predicted octanol–water partition coefficient (Wildman–Crippen LogP) is 3.12. The van der Waals surface area contributed by atoms with Crippen molar-refractivity contribution < 1.29 is 14.3 Å². The zero-order valence-electron chi connectivity index (χ0n) is 16.3. The van der Waals surface area contributed by atoms with E-state index in [0.29, 0.717) is 30.3 Å². The second kappa shape index (κ2) is 9.19. The molecule has 144 valence electrons. The molecular weight excluding hydrogens is 342 g/mol. The van der Waals surface area contributed by atoms with Gasteiger partial charge in [0.1, 0.15) is 11.2 Å². The van der Waals surface area contributed by atoms with Crippen LogP contribution in [0, 0.1) is 5.41 Å². The topological polar surface area (TPSA) is 70.7 Å². The SMILES string of the molecule is CN(C)CCNC(=O)C(C)(C)C(=O)Nc1ccccc1Oc1ccccc1. The van der Waals surface area contributed by atoms with Gasteiger partial charge in [0.15, 0.2) is 5.75 Å². The van der Waals surface area contributed by atoms with E-state index in [-0.39, 0.29) is 5.91 Å². The minimum Gasteiger partial charge on any atom is -0.455 e. The van der Waals surface area contributed by atoms with Gasteiger partial charge in [-0.2, -0.15) is 0 Å². The van der Waals surface area contributed by atoms with Crippen molar-refractivity contribution in [1.82, 2.24) is 10.2 Å². The van der Waals surface area contributed by atoms with E-state index < -0.39 is 11.3 Å². The van der Waals surface area contributed by atoms with Crippen molar-refractivity contribution in [3.63, 3.8) is 0 Å². The lowest BCUT2D eigenvalue weighted by Gasteiger charge is -2.24. The Morgan fingerprint density at radius 3 is 2.26 bits per heavy atom. The number of carbonyl (C=O) groups is 2. The van der Waals surface area contributed by atoms with Gasteiger partial charge in [-0.25, -0.2) is 0 Å². The van der Waals surface area contributed by atoms with Crippen LogP contribution in [0.25, 0.3) is 0 Å². The Bertz CT molecular complexity index is 773. The summed E-state index contributed by atoms with van der Waals surface area (Å²) in [5, 5.41) is 5.62. The number of hydrogen-bond acceptors (Lipinski definition) is 4. The molecule has 0 spiro atoms. The Morgan fingerprint density at radius 2 is 1.59 bits per heavy atom. The molecule has 0 aromatic heterocycles. The summed E-state index contributed by atoms with van der Waals surface area (Å²) in [6, 6.07) is 16.5. The predicted molar refractivity (Wildman–Crippen MR) is 107 cm³/mol. The van der Waals surface area contributed by atoms with Crippen LogP contribution in [0.1, 0.15) is 13.8 Å². The molecule has 2 rings (SSSR count). The van der Waals surface area contributed by atoms with Gasteiger partial charge >= 0.3 is 0 Å². The first-order valence-corrected chi connectivity index (χ1v) is 8.87. The summed E-state index contributed by atoms with van der Waals surface area (Å²) in [5.74, 6) is 0.470. The van der Waals surface area contributed by atoms with Gasteiger partial charge in [0, 0.05) is 13.1 Å². The maximum absolute atomic E-state index is 12.7. The maximum atomic E-state index is 12.7. The van der Waals surface area contributed by atoms with Crippen molar-refractivity contribution >= 4 is 17.5 Å². The molecule has 27 heavy (non-hydrogen) atoms. The fourth-order valence-electron chi connectivity index (χ4n) is 2.27. The molecule has 0 saturated heterocycles. The highest BCUT2D eigenvalue weighted by Crippen LogP contribution is 2.30. The molecule has 0 aliphatic rings. The van der Waals surface area contributed by atoms with Crippen LogP contribution in [0.15, 0.2) is 54.6 Å². The average molecular weight is 369 g/mol. The number of para-hydroxylation sites is 3. The molecule has 2 amide bonds. The normalized spacial score (nSPS) is 11.1. The molecule has 0 radical (unpaired) electrons. The van der Waals surface area contributed by atoms with Crippen molar-refractivity contribution in [2.24, 2.45) is 5.41 Å². The fraction of sp³-hybridized carbons (Fsp3) is 0.333. The summed E-state index contributed by atoms with van der Waals surface area (Å²) in [7, 11) is 3.85. The van der Waals surface area contributed by atoms with E-state index in [1.807, 2.05) is 55.4 Å². The van der Waals surface area contributed by atoms with Gasteiger partial charge in [-0.05, 0) is 52.2 Å². The number of benzene rings is 2. The molecule has 2 aromatic rings. The van der Waals surface area contributed by atoms with Crippen molar-refractivity contribution in [3.8, 4) is 11.5 Å². The molecule has 0 aliphatic carbocycles. The minimum atomic E-state index is -1.22. The second-order valence-corrected chi connectivity index (χ2v) is 7.05. The average Bonchev–Trinajstić information content (AvgIpc) is 2.63. The number of ether oxygens (including phenoxy) is 1. The van der Waals surface area contributed by atoms with E-state index in [9.17, 15) is 9.59 Å². The van der Waals surface area contributed by atoms with Crippen LogP contribution in [-0.2, 0) is 9.59 Å². The minimum absolute atomic E-state index is 0.316. The van der Waals surface area contributed by atoms with Crippen molar-refractivity contribution in [2.75, 3.05) is 32.5 Å². The molecule has 0 aliphatic heterocycles. The third kappa shape index (κ3) is 5.82. The van der Waals surface area contributed by atoms with Gasteiger partial charge in [0.25, 0.3) is 0 Å². The van der Waals surface area contributed by atoms with Gasteiger partial charge in [0.2, 0.25) is 11.8 Å². The Labute approximate surface area is 160 Å². The highest BCUT2D eigenvalue weighted by atomic mass is 16.5. The number of nitrogens with one attached hydrogen (secondary N) is 2. The van der Waals surface area contributed by atoms with E-state index >= 15 is 0 Å². The van der Waals surface area contributed by atoms with Crippen LogP contribution >= 0.6 is 0 Å². The number of anilines is 1. The monoisotopic (exact) mass is 369 g/mol. The first kappa shape index (κ1) is 20.5. The zero-order valence-corrected chi connectivity index (χ0v) is 16.3. The zero-order chi connectivity index (χ0) is 19.9. The molecule has 0 atom stereocenters. The lowest BCUT2D eigenvalue weighted by atomic mass is 9.91. The van der Waals surface area contributed by atoms with Crippen molar-refractivity contribution in [1.29, 1.82) is 0 Å². The molecule has 6 heteroatoms. The lowest BCUT2D eigenvalue weighted by Crippen LogP contribution is -2.46. The summed E-state index contributed by atoms with van der Waals surface area (Å²) in [5.41, 5.74) is -0.702. The van der Waals surface area contributed by atoms with Gasteiger partial charge < -0.3 is 20.3 Å². The van der Waals surface area contributed by atoms with Crippen LogP contribution in [0.3, 0.4) is 0 Å². The Balaban J connectivity index is 2.07. The maximum Gasteiger partial charge on any atom is 0.239 e. The first-order valence-electron chi connectivity index (χ1n) is 8.87. The van der Waals surface area contributed by atoms with Crippen molar-refractivity contribution in [3.05, 3.63) is 54.6 Å². The fourth-order valence-corrected chi connectivity index (χ4v) is 2.27. The number of hydrogen-bond donors (Lipinski definition) is 2. The molecule has 0 heterocycles. The summed E-state index contributed by atoms with van der Waals surface area (Å²) in [4.78, 5) is 27.1. The van der Waals surface area contributed by atoms with Gasteiger partial charge in [-0.15, -0.1) is 0 Å². The third-order valence-corrected chi connectivity index (χ3v) is 4.09. The Kier molecular flexibility index (Phi) is 6.96. The van der Waals surface area contributed by atoms with Crippen LogP contribution in [0.5, 0.6) is 11.5 Å².